The molecule has 0 unspecified atom stereocenters. The summed E-state index contributed by atoms with van der Waals surface area (Å²) < 4.78 is 1.77. The molecule has 0 aliphatic carbocycles. The van der Waals surface area contributed by atoms with E-state index in [1.54, 1.807) is 27.9 Å². The maximum absolute atomic E-state index is 13.0. The molecule has 0 radical (unpaired) electrons. The molecule has 0 bridgehead atoms. The molecule has 4 rings (SSSR count). The normalized spacial score (nSPS) is 14.5. The number of carbonyl (C=O) groups excluding carboxylic acids is 2. The zero-order valence-corrected chi connectivity index (χ0v) is 17.3. The molecule has 3 aromatic rings. The predicted molar refractivity (Wildman–Crippen MR) is 115 cm³/mol. The van der Waals surface area contributed by atoms with Crippen LogP contribution < -0.4 is 5.32 Å². The number of halogens is 1. The molecule has 0 saturated carbocycles. The quantitative estimate of drug-likeness (QED) is 0.693. The van der Waals surface area contributed by atoms with Crippen molar-refractivity contribution in [3.63, 3.8) is 0 Å². The van der Waals surface area contributed by atoms with Crippen LogP contribution in [0.2, 0.25) is 5.02 Å². The summed E-state index contributed by atoms with van der Waals surface area (Å²) in [5.74, 6) is 0.199. The number of para-hydroxylation sites is 1. The summed E-state index contributed by atoms with van der Waals surface area (Å²) in [6.45, 7) is 2.95. The number of nitrogens with zero attached hydrogens (tertiary/aromatic N) is 4. The highest BCUT2D eigenvalue weighted by atomic mass is 35.5. The highest BCUT2D eigenvalue weighted by Gasteiger charge is 2.29. The Morgan fingerprint density at radius 1 is 1.07 bits per heavy atom. The molecule has 0 atom stereocenters. The van der Waals surface area contributed by atoms with Crippen LogP contribution in [0.5, 0.6) is 0 Å². The second-order valence-corrected chi connectivity index (χ2v) is 7.74. The summed E-state index contributed by atoms with van der Waals surface area (Å²) in [5, 5.41) is 7.73. The van der Waals surface area contributed by atoms with Crippen LogP contribution in [-0.4, -0.2) is 44.6 Å². The van der Waals surface area contributed by atoms with Crippen LogP contribution in [-0.2, 0) is 4.79 Å². The van der Waals surface area contributed by atoms with E-state index in [0.29, 0.717) is 42.3 Å². The van der Waals surface area contributed by atoms with E-state index in [1.807, 2.05) is 37.3 Å². The molecule has 8 heteroatoms. The maximum Gasteiger partial charge on any atom is 0.257 e. The van der Waals surface area contributed by atoms with Crippen molar-refractivity contribution in [1.29, 1.82) is 0 Å². The molecule has 7 nitrogen and oxygen atoms in total. The Bertz CT molecular complexity index is 1040. The lowest BCUT2D eigenvalue weighted by atomic mass is 9.95. The van der Waals surface area contributed by atoms with Crippen molar-refractivity contribution >= 4 is 29.2 Å². The monoisotopic (exact) mass is 423 g/mol. The van der Waals surface area contributed by atoms with E-state index in [4.69, 9.17) is 11.6 Å². The minimum Gasteiger partial charge on any atom is -0.338 e. The molecular formula is C22H22ClN5O2. The fourth-order valence-corrected chi connectivity index (χ4v) is 3.75. The zero-order valence-electron chi connectivity index (χ0n) is 16.6. The Balaban J connectivity index is 1.37. The molecule has 0 spiro atoms. The maximum atomic E-state index is 13.0. The van der Waals surface area contributed by atoms with Crippen molar-refractivity contribution in [3.05, 3.63) is 71.1 Å². The van der Waals surface area contributed by atoms with Crippen molar-refractivity contribution in [2.45, 2.75) is 19.8 Å². The zero-order chi connectivity index (χ0) is 21.1. The Morgan fingerprint density at radius 3 is 2.47 bits per heavy atom. The molecule has 1 aromatic carbocycles. The van der Waals surface area contributed by atoms with Crippen molar-refractivity contribution < 1.29 is 9.59 Å². The first-order valence-corrected chi connectivity index (χ1v) is 10.2. The summed E-state index contributed by atoms with van der Waals surface area (Å²) in [6, 6.07) is 13.1. The number of likely N-dealkylation sites (tertiary alicyclic amines) is 1. The standard InChI is InChI=1S/C22H22ClN5O2/c1-15-19(14-25-28(15)18-5-3-2-4-6-18)22(30)27-11-9-16(10-12-27)21(29)26-20-8-7-17(23)13-24-20/h2-8,13-14,16H,9-12H2,1H3,(H,24,26,29). The third-order valence-electron chi connectivity index (χ3n) is 5.37. The van der Waals surface area contributed by atoms with Gasteiger partial charge < -0.3 is 10.2 Å². The summed E-state index contributed by atoms with van der Waals surface area (Å²) in [4.78, 5) is 31.4. The number of aromatic nitrogens is 3. The van der Waals surface area contributed by atoms with Crippen LogP contribution >= 0.6 is 11.6 Å². The van der Waals surface area contributed by atoms with Gasteiger partial charge in [0.2, 0.25) is 5.91 Å². The van der Waals surface area contributed by atoms with Crippen LogP contribution in [0.1, 0.15) is 28.9 Å². The number of carbonyl (C=O) groups is 2. The van der Waals surface area contributed by atoms with Gasteiger partial charge in [0.15, 0.2) is 0 Å². The lowest BCUT2D eigenvalue weighted by Gasteiger charge is -2.31. The summed E-state index contributed by atoms with van der Waals surface area (Å²) in [5.41, 5.74) is 2.31. The van der Waals surface area contributed by atoms with Gasteiger partial charge in [-0.05, 0) is 44.0 Å². The van der Waals surface area contributed by atoms with Gasteiger partial charge in [0.25, 0.3) is 5.91 Å². The number of rotatable bonds is 4. The summed E-state index contributed by atoms with van der Waals surface area (Å²) in [7, 11) is 0. The Hall–Kier alpha value is -3.19. The number of amides is 2. The minimum absolute atomic E-state index is 0.0482. The van der Waals surface area contributed by atoms with Crippen LogP contribution in [0, 0.1) is 12.8 Å². The summed E-state index contributed by atoms with van der Waals surface area (Å²) >= 11 is 5.82. The third-order valence-corrected chi connectivity index (χ3v) is 5.60. The fraction of sp³-hybridized carbons (Fsp3) is 0.273. The van der Waals surface area contributed by atoms with Crippen molar-refractivity contribution in [2.24, 2.45) is 5.92 Å². The van der Waals surface area contributed by atoms with Crippen molar-refractivity contribution in [2.75, 3.05) is 18.4 Å². The molecule has 154 valence electrons. The van der Waals surface area contributed by atoms with Gasteiger partial charge in [-0.25, -0.2) is 9.67 Å². The van der Waals surface area contributed by atoms with Crippen LogP contribution in [0.3, 0.4) is 0 Å². The second kappa shape index (κ2) is 8.67. The number of hydrogen-bond donors (Lipinski definition) is 1. The topological polar surface area (TPSA) is 80.1 Å². The molecule has 3 heterocycles. The number of piperidine rings is 1. The molecule has 1 saturated heterocycles. The highest BCUT2D eigenvalue weighted by Crippen LogP contribution is 2.22. The Morgan fingerprint density at radius 2 is 1.80 bits per heavy atom. The van der Waals surface area contributed by atoms with Gasteiger partial charge in [-0.3, -0.25) is 9.59 Å². The third kappa shape index (κ3) is 4.21. The van der Waals surface area contributed by atoms with Crippen LogP contribution in [0.4, 0.5) is 5.82 Å². The molecule has 1 aliphatic rings. The van der Waals surface area contributed by atoms with E-state index in [-0.39, 0.29) is 17.7 Å². The van der Waals surface area contributed by atoms with Crippen LogP contribution in [0.15, 0.2) is 54.9 Å². The van der Waals surface area contributed by atoms with Gasteiger partial charge in [-0.1, -0.05) is 29.8 Å². The lowest BCUT2D eigenvalue weighted by Crippen LogP contribution is -2.41. The Kier molecular flexibility index (Phi) is 5.81. The fourth-order valence-electron chi connectivity index (χ4n) is 3.64. The predicted octanol–water partition coefficient (Wildman–Crippen LogP) is 3.72. The SMILES string of the molecule is Cc1c(C(=O)N2CCC(C(=O)Nc3ccc(Cl)cn3)CC2)cnn1-c1ccccc1. The lowest BCUT2D eigenvalue weighted by molar-refractivity contribution is -0.121. The molecule has 30 heavy (non-hydrogen) atoms. The molecule has 1 fully saturated rings. The first kappa shape index (κ1) is 20.1. The van der Waals surface area contributed by atoms with E-state index in [2.05, 4.69) is 15.4 Å². The van der Waals surface area contributed by atoms with E-state index in [1.165, 1.54) is 6.20 Å². The van der Waals surface area contributed by atoms with Gasteiger partial charge in [0, 0.05) is 25.2 Å². The van der Waals surface area contributed by atoms with Gasteiger partial charge in [-0.2, -0.15) is 5.10 Å². The minimum atomic E-state index is -0.153. The molecule has 2 amide bonds. The first-order valence-electron chi connectivity index (χ1n) is 9.84. The Labute approximate surface area is 179 Å². The average molecular weight is 424 g/mol. The smallest absolute Gasteiger partial charge is 0.257 e. The van der Waals surface area contributed by atoms with E-state index < -0.39 is 0 Å². The number of pyridine rings is 1. The van der Waals surface area contributed by atoms with Gasteiger partial charge in [-0.15, -0.1) is 0 Å². The van der Waals surface area contributed by atoms with Gasteiger partial charge in [0.05, 0.1) is 28.2 Å². The number of hydrogen-bond acceptors (Lipinski definition) is 4. The van der Waals surface area contributed by atoms with Gasteiger partial charge >= 0.3 is 0 Å². The number of nitrogens with one attached hydrogen (secondary N) is 1. The largest absolute Gasteiger partial charge is 0.338 e. The number of benzene rings is 1. The molecule has 1 aliphatic heterocycles. The van der Waals surface area contributed by atoms with E-state index >= 15 is 0 Å². The highest BCUT2D eigenvalue weighted by molar-refractivity contribution is 6.30. The second-order valence-electron chi connectivity index (χ2n) is 7.31. The summed E-state index contributed by atoms with van der Waals surface area (Å²) in [6.07, 6.45) is 4.33. The van der Waals surface area contributed by atoms with Gasteiger partial charge in [0.1, 0.15) is 5.82 Å². The number of anilines is 1. The van der Waals surface area contributed by atoms with Crippen molar-refractivity contribution in [3.8, 4) is 5.69 Å². The van der Waals surface area contributed by atoms with E-state index in [9.17, 15) is 9.59 Å². The molecule has 2 aromatic heterocycles. The average Bonchev–Trinajstić information content (AvgIpc) is 3.17. The van der Waals surface area contributed by atoms with Crippen molar-refractivity contribution in [1.82, 2.24) is 19.7 Å². The van der Waals surface area contributed by atoms with Crippen LogP contribution in [0.25, 0.3) is 5.69 Å². The molecule has 1 N–H and O–H groups in total. The molecular weight excluding hydrogens is 402 g/mol. The first-order chi connectivity index (χ1) is 14.5. The van der Waals surface area contributed by atoms with E-state index in [0.717, 1.165) is 11.4 Å².